The number of methoxy groups -OCH3 is 1. The molecule has 7 heteroatoms. The van der Waals surface area contributed by atoms with Gasteiger partial charge in [0.05, 0.1) is 23.5 Å². The molecule has 0 N–H and O–H groups in total. The number of carbonyl (C=O) groups excluding carboxylic acids is 1. The molecule has 0 unspecified atom stereocenters. The molecular formula is C18H16ClN3O3. The third-order valence-electron chi connectivity index (χ3n) is 3.76. The van der Waals surface area contributed by atoms with Gasteiger partial charge in [0, 0.05) is 0 Å². The molecule has 3 aromatic rings. The molecule has 1 aromatic heterocycles. The molecule has 25 heavy (non-hydrogen) atoms. The van der Waals surface area contributed by atoms with Gasteiger partial charge in [-0.2, -0.15) is 0 Å². The fourth-order valence-electron chi connectivity index (χ4n) is 2.37. The van der Waals surface area contributed by atoms with Gasteiger partial charge in [-0.15, -0.1) is 5.10 Å². The van der Waals surface area contributed by atoms with Crippen molar-refractivity contribution in [2.24, 2.45) is 0 Å². The fraction of sp³-hybridized carbons (Fsp3) is 0.167. The van der Waals surface area contributed by atoms with E-state index in [1.54, 1.807) is 44.4 Å². The van der Waals surface area contributed by atoms with E-state index in [1.807, 2.05) is 19.1 Å². The molecule has 0 saturated carbocycles. The highest BCUT2D eigenvalue weighted by atomic mass is 35.5. The smallest absolute Gasteiger partial charge is 0.366 e. The van der Waals surface area contributed by atoms with Crippen LogP contribution >= 0.6 is 11.6 Å². The fourth-order valence-corrected chi connectivity index (χ4v) is 2.62. The third kappa shape index (κ3) is 3.34. The number of para-hydroxylation sites is 1. The first-order chi connectivity index (χ1) is 12.0. The second kappa shape index (κ2) is 6.94. The molecule has 0 spiro atoms. The second-order valence-corrected chi connectivity index (χ2v) is 5.82. The summed E-state index contributed by atoms with van der Waals surface area (Å²) in [5.74, 6) is 0.494. The van der Waals surface area contributed by atoms with Crippen LogP contribution in [0.2, 0.25) is 5.02 Å². The number of rotatable bonds is 4. The van der Waals surface area contributed by atoms with Crippen molar-refractivity contribution in [3.8, 4) is 17.2 Å². The normalized spacial score (nSPS) is 10.6. The quantitative estimate of drug-likeness (QED) is 0.525. The average Bonchev–Trinajstić information content (AvgIpc) is 2.98. The molecule has 0 radical (unpaired) electrons. The molecule has 0 aliphatic rings. The van der Waals surface area contributed by atoms with E-state index in [4.69, 9.17) is 21.1 Å². The van der Waals surface area contributed by atoms with E-state index in [-0.39, 0.29) is 5.69 Å². The Morgan fingerprint density at radius 1 is 1.12 bits per heavy atom. The predicted molar refractivity (Wildman–Crippen MR) is 93.8 cm³/mol. The lowest BCUT2D eigenvalue weighted by molar-refractivity contribution is 0.0726. The van der Waals surface area contributed by atoms with Crippen LogP contribution in [0.25, 0.3) is 5.69 Å². The van der Waals surface area contributed by atoms with Gasteiger partial charge in [0.15, 0.2) is 5.69 Å². The Hall–Kier alpha value is -2.86. The predicted octanol–water partition coefficient (Wildman–Crippen LogP) is 3.77. The number of hydrogen-bond donors (Lipinski definition) is 0. The van der Waals surface area contributed by atoms with Gasteiger partial charge in [-0.25, -0.2) is 9.48 Å². The van der Waals surface area contributed by atoms with Crippen molar-refractivity contribution in [1.82, 2.24) is 15.0 Å². The lowest BCUT2D eigenvalue weighted by Crippen LogP contribution is -2.12. The van der Waals surface area contributed by atoms with E-state index >= 15 is 0 Å². The van der Waals surface area contributed by atoms with Crippen LogP contribution in [0.4, 0.5) is 0 Å². The van der Waals surface area contributed by atoms with Crippen molar-refractivity contribution < 1.29 is 14.3 Å². The highest BCUT2D eigenvalue weighted by Crippen LogP contribution is 2.27. The van der Waals surface area contributed by atoms with E-state index in [2.05, 4.69) is 10.3 Å². The summed E-state index contributed by atoms with van der Waals surface area (Å²) in [5, 5.41) is 8.43. The summed E-state index contributed by atoms with van der Waals surface area (Å²) in [7, 11) is 1.54. The van der Waals surface area contributed by atoms with Crippen LogP contribution < -0.4 is 9.47 Å². The van der Waals surface area contributed by atoms with Crippen molar-refractivity contribution in [1.29, 1.82) is 0 Å². The van der Waals surface area contributed by atoms with E-state index in [9.17, 15) is 4.79 Å². The highest BCUT2D eigenvalue weighted by molar-refractivity contribution is 6.32. The van der Waals surface area contributed by atoms with Crippen LogP contribution in [0.15, 0.2) is 42.5 Å². The van der Waals surface area contributed by atoms with Crippen molar-refractivity contribution in [3.63, 3.8) is 0 Å². The molecule has 0 aliphatic carbocycles. The first kappa shape index (κ1) is 17.0. The second-order valence-electron chi connectivity index (χ2n) is 5.41. The molecule has 0 bridgehead atoms. The summed E-state index contributed by atoms with van der Waals surface area (Å²) in [6, 6.07) is 12.5. The molecule has 6 nitrogen and oxygen atoms in total. The minimum atomic E-state index is -0.558. The van der Waals surface area contributed by atoms with Crippen LogP contribution in [0.1, 0.15) is 21.7 Å². The topological polar surface area (TPSA) is 66.2 Å². The molecule has 0 atom stereocenters. The van der Waals surface area contributed by atoms with Crippen LogP contribution in [0.3, 0.4) is 0 Å². The van der Waals surface area contributed by atoms with E-state index < -0.39 is 5.97 Å². The van der Waals surface area contributed by atoms with Gasteiger partial charge < -0.3 is 9.47 Å². The number of aromatic nitrogens is 3. The highest BCUT2D eigenvalue weighted by Gasteiger charge is 2.20. The zero-order chi connectivity index (χ0) is 18.0. The number of halogens is 1. The molecule has 2 aromatic carbocycles. The molecule has 3 rings (SSSR count). The lowest BCUT2D eigenvalue weighted by Gasteiger charge is -2.08. The number of aryl methyl sites for hydroxylation is 1. The number of hydrogen-bond acceptors (Lipinski definition) is 5. The molecule has 0 amide bonds. The summed E-state index contributed by atoms with van der Waals surface area (Å²) in [6.07, 6.45) is 0. The Morgan fingerprint density at radius 3 is 2.56 bits per heavy atom. The van der Waals surface area contributed by atoms with Gasteiger partial charge in [-0.3, -0.25) is 0 Å². The number of ether oxygens (including phenoxy) is 2. The molecule has 0 fully saturated rings. The summed E-state index contributed by atoms with van der Waals surface area (Å²) < 4.78 is 12.1. The Balaban J connectivity index is 1.89. The van der Waals surface area contributed by atoms with Crippen LogP contribution in [0.5, 0.6) is 11.5 Å². The lowest BCUT2D eigenvalue weighted by atomic mass is 10.2. The van der Waals surface area contributed by atoms with Crippen molar-refractivity contribution >= 4 is 17.6 Å². The van der Waals surface area contributed by atoms with Crippen LogP contribution in [-0.2, 0) is 0 Å². The van der Waals surface area contributed by atoms with Crippen molar-refractivity contribution in [2.45, 2.75) is 13.8 Å². The van der Waals surface area contributed by atoms with E-state index in [0.717, 1.165) is 5.56 Å². The van der Waals surface area contributed by atoms with Gasteiger partial charge in [0.2, 0.25) is 0 Å². The number of esters is 1. The van der Waals surface area contributed by atoms with Gasteiger partial charge in [-0.05, 0) is 43.7 Å². The summed E-state index contributed by atoms with van der Waals surface area (Å²) in [5.41, 5.74) is 2.24. The maximum atomic E-state index is 12.4. The minimum absolute atomic E-state index is 0.148. The standard InChI is InChI=1S/C18H16ClN3O3/c1-11-6-4-5-7-15(11)25-18(23)17-12(2)22(21-20-17)13-8-9-16(24-3)14(19)10-13/h4-10H,1-3H3. The Morgan fingerprint density at radius 2 is 1.88 bits per heavy atom. The zero-order valence-electron chi connectivity index (χ0n) is 14.0. The summed E-state index contributed by atoms with van der Waals surface area (Å²) >= 11 is 6.15. The van der Waals surface area contributed by atoms with Crippen molar-refractivity contribution in [3.05, 3.63) is 64.4 Å². The maximum Gasteiger partial charge on any atom is 0.366 e. The zero-order valence-corrected chi connectivity index (χ0v) is 14.7. The van der Waals surface area contributed by atoms with Gasteiger partial charge in [0.1, 0.15) is 11.5 Å². The SMILES string of the molecule is COc1ccc(-n2nnc(C(=O)Oc3ccccc3C)c2C)cc1Cl. The van der Waals surface area contributed by atoms with Crippen LogP contribution in [0, 0.1) is 13.8 Å². The Bertz CT molecular complexity index is 937. The average molecular weight is 358 g/mol. The molecule has 128 valence electrons. The van der Waals surface area contributed by atoms with E-state index in [1.165, 1.54) is 4.68 Å². The van der Waals surface area contributed by atoms with Gasteiger partial charge >= 0.3 is 5.97 Å². The Labute approximate surface area is 149 Å². The summed E-state index contributed by atoms with van der Waals surface area (Å²) in [4.78, 5) is 12.4. The first-order valence-electron chi connectivity index (χ1n) is 7.55. The monoisotopic (exact) mass is 357 g/mol. The number of carbonyl (C=O) groups is 1. The third-order valence-corrected chi connectivity index (χ3v) is 4.06. The molecule has 0 aliphatic heterocycles. The molecule has 1 heterocycles. The Kier molecular flexibility index (Phi) is 4.72. The van der Waals surface area contributed by atoms with Gasteiger partial charge in [-0.1, -0.05) is 35.0 Å². The van der Waals surface area contributed by atoms with Gasteiger partial charge in [0.25, 0.3) is 0 Å². The van der Waals surface area contributed by atoms with E-state index in [0.29, 0.717) is 27.9 Å². The molecular weight excluding hydrogens is 342 g/mol. The van der Waals surface area contributed by atoms with Crippen molar-refractivity contribution in [2.75, 3.05) is 7.11 Å². The largest absolute Gasteiger partial charge is 0.495 e. The molecule has 0 saturated heterocycles. The first-order valence-corrected chi connectivity index (χ1v) is 7.93. The minimum Gasteiger partial charge on any atom is -0.495 e. The summed E-state index contributed by atoms with van der Waals surface area (Å²) in [6.45, 7) is 3.61. The number of nitrogens with zero attached hydrogens (tertiary/aromatic N) is 3. The number of benzene rings is 2. The van der Waals surface area contributed by atoms with Crippen LogP contribution in [-0.4, -0.2) is 28.1 Å². The maximum absolute atomic E-state index is 12.4.